The fourth-order valence-electron chi connectivity index (χ4n) is 2.96. The highest BCUT2D eigenvalue weighted by Gasteiger charge is 2.27. The van der Waals surface area contributed by atoms with Crippen molar-refractivity contribution < 1.29 is 27.1 Å². The van der Waals surface area contributed by atoms with Crippen molar-refractivity contribution in [3.63, 3.8) is 0 Å². The number of halogens is 1. The van der Waals surface area contributed by atoms with Crippen molar-refractivity contribution in [1.29, 1.82) is 0 Å². The molecule has 0 heterocycles. The van der Waals surface area contributed by atoms with Crippen LogP contribution in [0.5, 0.6) is 0 Å². The summed E-state index contributed by atoms with van der Waals surface area (Å²) in [6.07, 6.45) is -0.658. The average molecular weight is 494 g/mol. The van der Waals surface area contributed by atoms with Crippen LogP contribution < -0.4 is 15.4 Å². The molecule has 0 aromatic heterocycles. The van der Waals surface area contributed by atoms with E-state index in [-0.39, 0.29) is 17.0 Å². The summed E-state index contributed by atoms with van der Waals surface area (Å²) >= 11 is 0. The van der Waals surface area contributed by atoms with Crippen molar-refractivity contribution in [1.82, 2.24) is 10.0 Å². The SMILES string of the molecule is CC(C)(C)NS(=O)(=O)c1ccc(NC(=O)C(Cc2ccccc2)NC(=O)OC(C)(C)C)c(F)c1. The summed E-state index contributed by atoms with van der Waals surface area (Å²) < 4.78 is 47.3. The second kappa shape index (κ2) is 10.5. The monoisotopic (exact) mass is 493 g/mol. The van der Waals surface area contributed by atoms with Gasteiger partial charge in [0.1, 0.15) is 17.5 Å². The quantitative estimate of drug-likeness (QED) is 0.540. The lowest BCUT2D eigenvalue weighted by Gasteiger charge is -2.23. The van der Waals surface area contributed by atoms with Crippen LogP contribution in [-0.4, -0.2) is 37.6 Å². The third-order valence-electron chi connectivity index (χ3n) is 4.24. The second-order valence-electron chi connectivity index (χ2n) is 9.87. The Morgan fingerprint density at radius 2 is 1.62 bits per heavy atom. The zero-order valence-corrected chi connectivity index (χ0v) is 21.0. The Balaban J connectivity index is 2.24. The van der Waals surface area contributed by atoms with Gasteiger partial charge in [-0.05, 0) is 65.3 Å². The van der Waals surface area contributed by atoms with Crippen LogP contribution in [0.3, 0.4) is 0 Å². The van der Waals surface area contributed by atoms with Crippen molar-refractivity contribution in [3.05, 3.63) is 59.9 Å². The summed E-state index contributed by atoms with van der Waals surface area (Å²) in [7, 11) is -3.95. The van der Waals surface area contributed by atoms with Gasteiger partial charge in [-0.3, -0.25) is 4.79 Å². The zero-order chi connectivity index (χ0) is 25.7. The van der Waals surface area contributed by atoms with Gasteiger partial charge < -0.3 is 15.4 Å². The minimum atomic E-state index is -3.95. The van der Waals surface area contributed by atoms with E-state index in [0.717, 1.165) is 17.7 Å². The summed E-state index contributed by atoms with van der Waals surface area (Å²) in [5, 5.41) is 4.95. The van der Waals surface area contributed by atoms with Crippen molar-refractivity contribution in [2.75, 3.05) is 5.32 Å². The predicted octanol–water partition coefficient (Wildman–Crippen LogP) is 3.98. The molecular formula is C24H32FN3O5S. The van der Waals surface area contributed by atoms with Gasteiger partial charge in [0.15, 0.2) is 0 Å². The van der Waals surface area contributed by atoms with E-state index in [9.17, 15) is 22.4 Å². The third kappa shape index (κ3) is 8.75. The molecule has 1 atom stereocenters. The number of hydrogen-bond acceptors (Lipinski definition) is 5. The molecule has 2 aromatic rings. The van der Waals surface area contributed by atoms with Gasteiger partial charge in [-0.2, -0.15) is 0 Å². The Bertz CT molecular complexity index is 1120. The van der Waals surface area contributed by atoms with E-state index < -0.39 is 45.0 Å². The van der Waals surface area contributed by atoms with Gasteiger partial charge in [-0.1, -0.05) is 30.3 Å². The van der Waals surface area contributed by atoms with Gasteiger partial charge in [-0.25, -0.2) is 22.3 Å². The third-order valence-corrected chi connectivity index (χ3v) is 6.00. The molecule has 1 unspecified atom stereocenters. The standard InChI is InChI=1S/C24H32FN3O5S/c1-23(2,3)28-34(31,32)17-12-13-19(18(25)15-17)26-21(29)20(14-16-10-8-7-9-11-16)27-22(30)33-24(4,5)6/h7-13,15,20,28H,14H2,1-6H3,(H,26,29)(H,27,30). The van der Waals surface area contributed by atoms with Gasteiger partial charge in [-0.15, -0.1) is 0 Å². The number of amides is 2. The van der Waals surface area contributed by atoms with Gasteiger partial charge in [0.25, 0.3) is 0 Å². The Hall–Kier alpha value is -2.98. The molecule has 0 aliphatic rings. The van der Waals surface area contributed by atoms with Crippen LogP contribution in [0.15, 0.2) is 53.4 Å². The van der Waals surface area contributed by atoms with Gasteiger partial charge in [0.05, 0.1) is 10.6 Å². The van der Waals surface area contributed by atoms with E-state index in [0.29, 0.717) is 0 Å². The van der Waals surface area contributed by atoms with E-state index in [1.54, 1.807) is 65.8 Å². The highest BCUT2D eigenvalue weighted by molar-refractivity contribution is 7.89. The predicted molar refractivity (Wildman–Crippen MR) is 128 cm³/mol. The van der Waals surface area contributed by atoms with Crippen molar-refractivity contribution in [2.45, 2.75) is 70.0 Å². The summed E-state index contributed by atoms with van der Waals surface area (Å²) in [4.78, 5) is 25.0. The summed E-state index contributed by atoms with van der Waals surface area (Å²) in [6, 6.07) is 11.1. The molecule has 186 valence electrons. The van der Waals surface area contributed by atoms with Crippen LogP contribution >= 0.6 is 0 Å². The van der Waals surface area contributed by atoms with Crippen LogP contribution in [0.2, 0.25) is 0 Å². The molecule has 0 aliphatic carbocycles. The van der Waals surface area contributed by atoms with Crippen molar-refractivity contribution >= 4 is 27.7 Å². The number of carbonyl (C=O) groups is 2. The normalized spacial score (nSPS) is 13.1. The fraction of sp³-hybridized carbons (Fsp3) is 0.417. The van der Waals surface area contributed by atoms with Crippen LogP contribution in [0.25, 0.3) is 0 Å². The van der Waals surface area contributed by atoms with Crippen LogP contribution in [-0.2, 0) is 26.0 Å². The van der Waals surface area contributed by atoms with Crippen molar-refractivity contribution in [2.24, 2.45) is 0 Å². The topological polar surface area (TPSA) is 114 Å². The molecule has 0 saturated carbocycles. The largest absolute Gasteiger partial charge is 0.444 e. The van der Waals surface area contributed by atoms with Crippen LogP contribution in [0, 0.1) is 5.82 Å². The minimum Gasteiger partial charge on any atom is -0.444 e. The second-order valence-corrected chi connectivity index (χ2v) is 11.6. The molecule has 34 heavy (non-hydrogen) atoms. The minimum absolute atomic E-state index is 0.134. The van der Waals surface area contributed by atoms with E-state index >= 15 is 0 Å². The highest BCUT2D eigenvalue weighted by atomic mass is 32.2. The first kappa shape index (κ1) is 27.3. The first-order valence-electron chi connectivity index (χ1n) is 10.7. The molecule has 8 nitrogen and oxygen atoms in total. The number of alkyl carbamates (subject to hydrolysis) is 1. The first-order chi connectivity index (χ1) is 15.6. The molecule has 2 amide bonds. The average Bonchev–Trinajstić information content (AvgIpc) is 2.66. The molecular weight excluding hydrogens is 461 g/mol. The number of ether oxygens (including phenoxy) is 1. The molecule has 0 saturated heterocycles. The number of anilines is 1. The number of carbonyl (C=O) groups excluding carboxylic acids is 2. The number of sulfonamides is 1. The lowest BCUT2D eigenvalue weighted by Crippen LogP contribution is -2.47. The molecule has 2 aromatic carbocycles. The maximum Gasteiger partial charge on any atom is 0.408 e. The van der Waals surface area contributed by atoms with E-state index in [1.165, 1.54) is 6.07 Å². The molecule has 0 bridgehead atoms. The van der Waals surface area contributed by atoms with Crippen LogP contribution in [0.1, 0.15) is 47.1 Å². The Kier molecular flexibility index (Phi) is 8.44. The Morgan fingerprint density at radius 1 is 1.00 bits per heavy atom. The number of nitrogens with one attached hydrogen (secondary N) is 3. The summed E-state index contributed by atoms with van der Waals surface area (Å²) in [6.45, 7) is 10.1. The smallest absolute Gasteiger partial charge is 0.408 e. The lowest BCUT2D eigenvalue weighted by molar-refractivity contribution is -0.118. The molecule has 3 N–H and O–H groups in total. The number of benzene rings is 2. The van der Waals surface area contributed by atoms with E-state index in [4.69, 9.17) is 4.74 Å². The maximum absolute atomic E-state index is 14.7. The van der Waals surface area contributed by atoms with Crippen LogP contribution in [0.4, 0.5) is 14.9 Å². The molecule has 2 rings (SSSR count). The zero-order valence-electron chi connectivity index (χ0n) is 20.2. The fourth-order valence-corrected chi connectivity index (χ4v) is 4.38. The molecule has 0 aliphatic heterocycles. The molecule has 0 fully saturated rings. The maximum atomic E-state index is 14.7. The molecule has 0 radical (unpaired) electrons. The number of rotatable bonds is 7. The summed E-state index contributed by atoms with van der Waals surface area (Å²) in [5.74, 6) is -1.61. The molecule has 0 spiro atoms. The van der Waals surface area contributed by atoms with Gasteiger partial charge in [0.2, 0.25) is 15.9 Å². The Morgan fingerprint density at radius 3 is 2.15 bits per heavy atom. The first-order valence-corrected chi connectivity index (χ1v) is 12.2. The molecule has 10 heteroatoms. The van der Waals surface area contributed by atoms with Gasteiger partial charge >= 0.3 is 6.09 Å². The van der Waals surface area contributed by atoms with Crippen molar-refractivity contribution in [3.8, 4) is 0 Å². The Labute approximate surface area is 200 Å². The number of hydrogen-bond donors (Lipinski definition) is 3. The summed E-state index contributed by atoms with van der Waals surface area (Å²) in [5.41, 5.74) is -0.968. The highest BCUT2D eigenvalue weighted by Crippen LogP contribution is 2.21. The van der Waals surface area contributed by atoms with E-state index in [2.05, 4.69) is 15.4 Å². The lowest BCUT2D eigenvalue weighted by atomic mass is 10.1. The van der Waals surface area contributed by atoms with E-state index in [1.807, 2.05) is 6.07 Å². The van der Waals surface area contributed by atoms with Gasteiger partial charge in [0, 0.05) is 12.0 Å².